The number of Topliss-reactive ketones (excluding diaryl/α,β-unsaturated/α-hetero) is 1. The van der Waals surface area contributed by atoms with Gasteiger partial charge in [-0.1, -0.05) is 12.1 Å². The summed E-state index contributed by atoms with van der Waals surface area (Å²) in [5, 5.41) is 11.9. The smallest absolute Gasteiger partial charge is 0.164 e. The third kappa shape index (κ3) is 3.59. The first-order valence-electron chi connectivity index (χ1n) is 6.32. The number of nitriles is 1. The highest BCUT2D eigenvalue weighted by atomic mass is 16.1. The molecule has 0 bridgehead atoms. The third-order valence-electron chi connectivity index (χ3n) is 2.90. The van der Waals surface area contributed by atoms with Crippen molar-refractivity contribution in [1.29, 1.82) is 5.26 Å². The first kappa shape index (κ1) is 13.6. The Balaban J connectivity index is 1.86. The predicted molar refractivity (Wildman–Crippen MR) is 79.4 cm³/mol. The van der Waals surface area contributed by atoms with E-state index in [4.69, 9.17) is 11.0 Å². The van der Waals surface area contributed by atoms with Crippen LogP contribution in [0.15, 0.2) is 48.5 Å². The third-order valence-corrected chi connectivity index (χ3v) is 2.90. The molecule has 0 fully saturated rings. The Hall–Kier alpha value is -2.80. The molecule has 0 amide bonds. The van der Waals surface area contributed by atoms with E-state index < -0.39 is 0 Å². The number of nitrogens with zero attached hydrogens (tertiary/aromatic N) is 1. The zero-order valence-corrected chi connectivity index (χ0v) is 11.0. The largest absolute Gasteiger partial charge is 0.399 e. The second kappa shape index (κ2) is 6.39. The second-order valence-corrected chi connectivity index (χ2v) is 4.41. The molecule has 2 aromatic rings. The summed E-state index contributed by atoms with van der Waals surface area (Å²) in [4.78, 5) is 11.9. The van der Waals surface area contributed by atoms with Crippen molar-refractivity contribution in [2.75, 3.05) is 17.6 Å². The van der Waals surface area contributed by atoms with Gasteiger partial charge in [0.15, 0.2) is 5.78 Å². The predicted octanol–water partition coefficient (Wildman–Crippen LogP) is 2.83. The maximum absolute atomic E-state index is 11.9. The van der Waals surface area contributed by atoms with Crippen LogP contribution in [0.1, 0.15) is 22.3 Å². The number of carbonyl (C=O) groups is 1. The molecule has 0 spiro atoms. The number of rotatable bonds is 5. The first-order valence-corrected chi connectivity index (χ1v) is 6.32. The zero-order chi connectivity index (χ0) is 14.4. The van der Waals surface area contributed by atoms with E-state index in [1.54, 1.807) is 36.4 Å². The Morgan fingerprint density at radius 1 is 1.20 bits per heavy atom. The van der Waals surface area contributed by atoms with Gasteiger partial charge in [-0.25, -0.2) is 0 Å². The quantitative estimate of drug-likeness (QED) is 0.643. The SMILES string of the molecule is N#Cc1ccc(NCCC(=O)c2cccc(N)c2)cc1. The molecule has 3 N–H and O–H groups in total. The van der Waals surface area contributed by atoms with Crippen LogP contribution in [0.4, 0.5) is 11.4 Å². The van der Waals surface area contributed by atoms with Crippen molar-refractivity contribution in [3.05, 3.63) is 59.7 Å². The van der Waals surface area contributed by atoms with Gasteiger partial charge in [0.25, 0.3) is 0 Å². The highest BCUT2D eigenvalue weighted by Crippen LogP contribution is 2.11. The second-order valence-electron chi connectivity index (χ2n) is 4.41. The van der Waals surface area contributed by atoms with E-state index >= 15 is 0 Å². The number of hydrogen-bond donors (Lipinski definition) is 2. The zero-order valence-electron chi connectivity index (χ0n) is 11.0. The molecule has 0 saturated carbocycles. The summed E-state index contributed by atoms with van der Waals surface area (Å²) in [6, 6.07) is 16.2. The summed E-state index contributed by atoms with van der Waals surface area (Å²) in [6.45, 7) is 0.541. The van der Waals surface area contributed by atoms with Crippen molar-refractivity contribution in [3.8, 4) is 6.07 Å². The van der Waals surface area contributed by atoms with Crippen LogP contribution in [-0.2, 0) is 0 Å². The van der Waals surface area contributed by atoms with Gasteiger partial charge in [0, 0.05) is 29.9 Å². The molecule has 0 aliphatic carbocycles. The minimum Gasteiger partial charge on any atom is -0.399 e. The average molecular weight is 265 g/mol. The van der Waals surface area contributed by atoms with Crippen molar-refractivity contribution in [3.63, 3.8) is 0 Å². The number of nitrogens with two attached hydrogens (primary N) is 1. The highest BCUT2D eigenvalue weighted by molar-refractivity contribution is 5.97. The van der Waals surface area contributed by atoms with E-state index in [2.05, 4.69) is 11.4 Å². The van der Waals surface area contributed by atoms with Crippen molar-refractivity contribution in [2.24, 2.45) is 0 Å². The number of nitrogen functional groups attached to an aromatic ring is 1. The lowest BCUT2D eigenvalue weighted by Gasteiger charge is -2.06. The molecule has 0 heterocycles. The molecule has 2 rings (SSSR count). The van der Waals surface area contributed by atoms with E-state index in [-0.39, 0.29) is 5.78 Å². The van der Waals surface area contributed by atoms with Gasteiger partial charge in [0.1, 0.15) is 0 Å². The van der Waals surface area contributed by atoms with Crippen molar-refractivity contribution in [1.82, 2.24) is 0 Å². The van der Waals surface area contributed by atoms with Crippen LogP contribution in [0.2, 0.25) is 0 Å². The highest BCUT2D eigenvalue weighted by Gasteiger charge is 2.05. The number of carbonyl (C=O) groups excluding carboxylic acids is 1. The number of hydrogen-bond acceptors (Lipinski definition) is 4. The van der Waals surface area contributed by atoms with Crippen LogP contribution in [0.25, 0.3) is 0 Å². The molecule has 4 nitrogen and oxygen atoms in total. The lowest BCUT2D eigenvalue weighted by atomic mass is 10.1. The normalized spacial score (nSPS) is 9.75. The minimum absolute atomic E-state index is 0.0541. The lowest BCUT2D eigenvalue weighted by molar-refractivity contribution is 0.0986. The van der Waals surface area contributed by atoms with Gasteiger partial charge in [0.05, 0.1) is 11.6 Å². The van der Waals surface area contributed by atoms with E-state index in [9.17, 15) is 4.79 Å². The van der Waals surface area contributed by atoms with Crippen LogP contribution in [0.5, 0.6) is 0 Å². The Bertz CT molecular complexity index is 642. The van der Waals surface area contributed by atoms with Gasteiger partial charge in [0.2, 0.25) is 0 Å². The summed E-state index contributed by atoms with van der Waals surface area (Å²) >= 11 is 0. The summed E-state index contributed by atoms with van der Waals surface area (Å²) < 4.78 is 0. The lowest BCUT2D eigenvalue weighted by Crippen LogP contribution is -2.09. The van der Waals surface area contributed by atoms with E-state index in [0.717, 1.165) is 5.69 Å². The molecule has 2 aromatic carbocycles. The number of anilines is 2. The van der Waals surface area contributed by atoms with Crippen molar-refractivity contribution in [2.45, 2.75) is 6.42 Å². The van der Waals surface area contributed by atoms with E-state index in [0.29, 0.717) is 29.8 Å². The van der Waals surface area contributed by atoms with Crippen LogP contribution in [-0.4, -0.2) is 12.3 Å². The summed E-state index contributed by atoms with van der Waals surface area (Å²) in [5.74, 6) is 0.0541. The minimum atomic E-state index is 0.0541. The average Bonchev–Trinajstić information content (AvgIpc) is 2.48. The van der Waals surface area contributed by atoms with Gasteiger partial charge in [-0.15, -0.1) is 0 Å². The molecular weight excluding hydrogens is 250 g/mol. The standard InChI is InChI=1S/C16H15N3O/c17-11-12-4-6-15(7-5-12)19-9-8-16(20)13-2-1-3-14(18)10-13/h1-7,10,19H,8-9,18H2. The van der Waals surface area contributed by atoms with E-state index in [1.165, 1.54) is 0 Å². The first-order chi connectivity index (χ1) is 9.69. The number of nitrogens with one attached hydrogen (secondary N) is 1. The molecule has 4 heteroatoms. The monoisotopic (exact) mass is 265 g/mol. The number of benzene rings is 2. The molecule has 0 aliphatic rings. The molecular formula is C16H15N3O. The van der Waals surface area contributed by atoms with Crippen LogP contribution < -0.4 is 11.1 Å². The fourth-order valence-corrected chi connectivity index (χ4v) is 1.84. The molecule has 0 unspecified atom stereocenters. The van der Waals surface area contributed by atoms with Crippen LogP contribution in [0.3, 0.4) is 0 Å². The Kier molecular flexibility index (Phi) is 4.35. The van der Waals surface area contributed by atoms with Crippen molar-refractivity contribution >= 4 is 17.2 Å². The fraction of sp³-hybridized carbons (Fsp3) is 0.125. The molecule has 100 valence electrons. The van der Waals surface area contributed by atoms with Gasteiger partial charge < -0.3 is 11.1 Å². The summed E-state index contributed by atoms with van der Waals surface area (Å²) in [6.07, 6.45) is 0.392. The van der Waals surface area contributed by atoms with E-state index in [1.807, 2.05) is 12.1 Å². The Morgan fingerprint density at radius 3 is 2.60 bits per heavy atom. The summed E-state index contributed by atoms with van der Waals surface area (Å²) in [5.41, 5.74) is 8.38. The van der Waals surface area contributed by atoms with Crippen molar-refractivity contribution < 1.29 is 4.79 Å². The fourth-order valence-electron chi connectivity index (χ4n) is 1.84. The topological polar surface area (TPSA) is 78.9 Å². The van der Waals surface area contributed by atoms with Gasteiger partial charge in [-0.3, -0.25) is 4.79 Å². The molecule has 0 radical (unpaired) electrons. The Labute approximate surface area is 117 Å². The summed E-state index contributed by atoms with van der Waals surface area (Å²) in [7, 11) is 0. The molecule has 0 saturated heterocycles. The Morgan fingerprint density at radius 2 is 1.95 bits per heavy atom. The molecule has 20 heavy (non-hydrogen) atoms. The van der Waals surface area contributed by atoms with Gasteiger partial charge in [-0.2, -0.15) is 5.26 Å². The van der Waals surface area contributed by atoms with Crippen LogP contribution in [0, 0.1) is 11.3 Å². The number of ketones is 1. The van der Waals surface area contributed by atoms with Gasteiger partial charge in [-0.05, 0) is 36.4 Å². The maximum atomic E-state index is 11.9. The molecule has 0 atom stereocenters. The molecule has 0 aliphatic heterocycles. The van der Waals surface area contributed by atoms with Crippen LogP contribution >= 0.6 is 0 Å². The maximum Gasteiger partial charge on any atom is 0.164 e. The molecule has 0 aromatic heterocycles. The van der Waals surface area contributed by atoms with Gasteiger partial charge >= 0.3 is 0 Å².